The van der Waals surface area contributed by atoms with E-state index in [0.717, 1.165) is 49.6 Å². The molecular formula is C23H37IN6O2. The first-order chi connectivity index (χ1) is 14.9. The number of nitrogens with zero attached hydrogens (tertiary/aromatic N) is 2. The van der Waals surface area contributed by atoms with E-state index in [1.54, 1.807) is 7.05 Å². The molecule has 2 aliphatic rings. The fraction of sp³-hybridized carbons (Fsp3) is 0.609. The summed E-state index contributed by atoms with van der Waals surface area (Å²) < 4.78 is 0. The van der Waals surface area contributed by atoms with E-state index < -0.39 is 0 Å². The number of urea groups is 1. The summed E-state index contributed by atoms with van der Waals surface area (Å²) >= 11 is 0. The van der Waals surface area contributed by atoms with Crippen molar-refractivity contribution in [3.05, 3.63) is 29.8 Å². The Balaban J connectivity index is 0.00000363. The Morgan fingerprint density at radius 2 is 1.81 bits per heavy atom. The Kier molecular flexibility index (Phi) is 10.5. The van der Waals surface area contributed by atoms with Crippen molar-refractivity contribution < 1.29 is 9.59 Å². The maximum absolute atomic E-state index is 12.6. The summed E-state index contributed by atoms with van der Waals surface area (Å²) in [5.74, 6) is 1.31. The third-order valence-electron chi connectivity index (χ3n) is 5.86. The van der Waals surface area contributed by atoms with Crippen LogP contribution in [0.4, 0.5) is 10.5 Å². The van der Waals surface area contributed by atoms with Gasteiger partial charge in [0.25, 0.3) is 0 Å². The molecule has 0 spiro atoms. The fourth-order valence-electron chi connectivity index (χ4n) is 4.22. The predicted molar refractivity (Wildman–Crippen MR) is 139 cm³/mol. The number of hydrogen-bond donors (Lipinski definition) is 4. The average Bonchev–Trinajstić information content (AvgIpc) is 3.43. The van der Waals surface area contributed by atoms with E-state index in [-0.39, 0.29) is 48.0 Å². The van der Waals surface area contributed by atoms with Crippen molar-refractivity contribution in [2.24, 2.45) is 10.9 Å². The minimum Gasteiger partial charge on any atom is -0.352 e. The average molecular weight is 556 g/mol. The SMILES string of the molecule is CN=C(NCc1ccc(NC(=O)NC(C)C)cc1)NC1CCN(C(=O)C2CCCC2)C1.I. The third-order valence-corrected chi connectivity index (χ3v) is 5.86. The first-order valence-electron chi connectivity index (χ1n) is 11.4. The minimum absolute atomic E-state index is 0. The van der Waals surface area contributed by atoms with Crippen molar-refractivity contribution in [1.82, 2.24) is 20.9 Å². The molecule has 0 aromatic heterocycles. The molecule has 4 N–H and O–H groups in total. The van der Waals surface area contributed by atoms with Crippen molar-refractivity contribution in [3.63, 3.8) is 0 Å². The lowest BCUT2D eigenvalue weighted by Gasteiger charge is -2.21. The molecule has 1 aliphatic carbocycles. The number of likely N-dealkylation sites (tertiary alicyclic amines) is 1. The number of carbonyl (C=O) groups excluding carboxylic acids is 2. The largest absolute Gasteiger partial charge is 0.352 e. The summed E-state index contributed by atoms with van der Waals surface area (Å²) in [5.41, 5.74) is 1.84. The highest BCUT2D eigenvalue weighted by Crippen LogP contribution is 2.27. The molecule has 178 valence electrons. The summed E-state index contributed by atoms with van der Waals surface area (Å²) in [7, 11) is 1.76. The zero-order valence-electron chi connectivity index (χ0n) is 19.3. The van der Waals surface area contributed by atoms with Crippen LogP contribution in [0, 0.1) is 5.92 Å². The zero-order valence-corrected chi connectivity index (χ0v) is 21.6. The molecule has 2 fully saturated rings. The normalized spacial score (nSPS) is 18.9. The number of carbonyl (C=O) groups is 2. The number of guanidine groups is 1. The monoisotopic (exact) mass is 556 g/mol. The Morgan fingerprint density at radius 1 is 1.12 bits per heavy atom. The van der Waals surface area contributed by atoms with E-state index in [2.05, 4.69) is 26.3 Å². The van der Waals surface area contributed by atoms with Crippen molar-refractivity contribution >= 4 is 47.6 Å². The van der Waals surface area contributed by atoms with Crippen molar-refractivity contribution in [3.8, 4) is 0 Å². The topological polar surface area (TPSA) is 97.9 Å². The molecule has 1 aromatic rings. The third kappa shape index (κ3) is 7.83. The second kappa shape index (κ2) is 12.9. The number of benzene rings is 1. The molecule has 1 aliphatic heterocycles. The second-order valence-electron chi connectivity index (χ2n) is 8.77. The molecule has 1 saturated carbocycles. The minimum atomic E-state index is -0.206. The summed E-state index contributed by atoms with van der Waals surface area (Å²) in [5, 5.41) is 12.4. The number of anilines is 1. The Labute approximate surface area is 208 Å². The molecule has 1 heterocycles. The molecule has 1 atom stereocenters. The zero-order chi connectivity index (χ0) is 22.2. The van der Waals surface area contributed by atoms with Gasteiger partial charge in [0.05, 0.1) is 0 Å². The Bertz CT molecular complexity index is 777. The number of halogens is 1. The molecule has 3 amide bonds. The maximum atomic E-state index is 12.6. The number of aliphatic imine (C=N–C) groups is 1. The smallest absolute Gasteiger partial charge is 0.319 e. The lowest BCUT2D eigenvalue weighted by molar-refractivity contribution is -0.134. The lowest BCUT2D eigenvalue weighted by Crippen LogP contribution is -2.45. The number of hydrogen-bond acceptors (Lipinski definition) is 3. The van der Waals surface area contributed by atoms with E-state index in [0.29, 0.717) is 12.5 Å². The van der Waals surface area contributed by atoms with E-state index in [1.165, 1.54) is 12.8 Å². The number of rotatable bonds is 6. The van der Waals surface area contributed by atoms with Crippen LogP contribution in [0.3, 0.4) is 0 Å². The molecule has 8 nitrogen and oxygen atoms in total. The van der Waals surface area contributed by atoms with Gasteiger partial charge in [0.1, 0.15) is 0 Å². The fourth-order valence-corrected chi connectivity index (χ4v) is 4.22. The van der Waals surface area contributed by atoms with Crippen LogP contribution in [0.1, 0.15) is 51.5 Å². The molecule has 9 heteroatoms. The van der Waals surface area contributed by atoms with E-state index in [1.807, 2.05) is 43.0 Å². The Morgan fingerprint density at radius 3 is 2.44 bits per heavy atom. The predicted octanol–water partition coefficient (Wildman–Crippen LogP) is 3.29. The van der Waals surface area contributed by atoms with Gasteiger partial charge in [-0.05, 0) is 50.8 Å². The van der Waals surface area contributed by atoms with Gasteiger partial charge >= 0.3 is 6.03 Å². The molecule has 1 saturated heterocycles. The van der Waals surface area contributed by atoms with Gasteiger partial charge in [0.15, 0.2) is 5.96 Å². The van der Waals surface area contributed by atoms with Crippen molar-refractivity contribution in [2.75, 3.05) is 25.5 Å². The molecule has 0 bridgehead atoms. The van der Waals surface area contributed by atoms with Crippen LogP contribution in [0.25, 0.3) is 0 Å². The highest BCUT2D eigenvalue weighted by Gasteiger charge is 2.32. The first kappa shape index (κ1) is 26.2. The van der Waals surface area contributed by atoms with Crippen molar-refractivity contribution in [2.45, 2.75) is 64.6 Å². The second-order valence-corrected chi connectivity index (χ2v) is 8.77. The highest BCUT2D eigenvalue weighted by atomic mass is 127. The molecule has 3 rings (SSSR count). The standard InChI is InChI=1S/C23H36N6O2.HI/c1-16(2)26-23(31)28-19-10-8-17(9-11-19)14-25-22(24-3)27-20-12-13-29(15-20)21(30)18-6-4-5-7-18;/h8-11,16,18,20H,4-7,12-15H2,1-3H3,(H2,24,25,27)(H2,26,28,31);1H. The van der Waals surface area contributed by atoms with Crippen LogP contribution in [0.2, 0.25) is 0 Å². The molecule has 1 aromatic carbocycles. The van der Waals surface area contributed by atoms with Gasteiger partial charge in [-0.3, -0.25) is 9.79 Å². The molecule has 1 unspecified atom stereocenters. The van der Waals surface area contributed by atoms with E-state index >= 15 is 0 Å². The van der Waals surface area contributed by atoms with Crippen molar-refractivity contribution in [1.29, 1.82) is 0 Å². The van der Waals surface area contributed by atoms with Gasteiger partial charge in [0.2, 0.25) is 5.91 Å². The summed E-state index contributed by atoms with van der Waals surface area (Å²) in [6.45, 7) is 6.03. The van der Waals surface area contributed by atoms with Crippen LogP contribution >= 0.6 is 24.0 Å². The van der Waals surface area contributed by atoms with Gasteiger partial charge in [-0.1, -0.05) is 25.0 Å². The summed E-state index contributed by atoms with van der Waals surface area (Å²) in [6, 6.07) is 7.83. The van der Waals surface area contributed by atoms with Crippen LogP contribution in [0.15, 0.2) is 29.3 Å². The Hall–Kier alpha value is -2.04. The van der Waals surface area contributed by atoms with Gasteiger partial charge in [-0.25, -0.2) is 4.79 Å². The molecular weight excluding hydrogens is 519 g/mol. The van der Waals surface area contributed by atoms with Gasteiger partial charge in [0, 0.05) is 50.4 Å². The van der Waals surface area contributed by atoms with E-state index in [9.17, 15) is 9.59 Å². The lowest BCUT2D eigenvalue weighted by atomic mass is 10.1. The van der Waals surface area contributed by atoms with Crippen LogP contribution in [-0.4, -0.2) is 55.0 Å². The number of amides is 3. The van der Waals surface area contributed by atoms with Crippen LogP contribution in [0.5, 0.6) is 0 Å². The van der Waals surface area contributed by atoms with Gasteiger partial charge in [-0.2, -0.15) is 0 Å². The highest BCUT2D eigenvalue weighted by molar-refractivity contribution is 14.0. The summed E-state index contributed by atoms with van der Waals surface area (Å²) in [6.07, 6.45) is 5.41. The van der Waals surface area contributed by atoms with E-state index in [4.69, 9.17) is 0 Å². The molecule has 0 radical (unpaired) electrons. The van der Waals surface area contributed by atoms with Gasteiger partial charge in [-0.15, -0.1) is 24.0 Å². The maximum Gasteiger partial charge on any atom is 0.319 e. The molecule has 32 heavy (non-hydrogen) atoms. The first-order valence-corrected chi connectivity index (χ1v) is 11.4. The quantitative estimate of drug-likeness (QED) is 0.246. The van der Waals surface area contributed by atoms with Crippen LogP contribution < -0.4 is 21.3 Å². The van der Waals surface area contributed by atoms with Gasteiger partial charge < -0.3 is 26.2 Å². The van der Waals surface area contributed by atoms with Crippen LogP contribution in [-0.2, 0) is 11.3 Å². The number of nitrogens with one attached hydrogen (secondary N) is 4. The summed E-state index contributed by atoms with van der Waals surface area (Å²) in [4.78, 5) is 30.8.